The zero-order valence-corrected chi connectivity index (χ0v) is 15.9. The molecule has 6 nitrogen and oxygen atoms in total. The molecular weight excluding hydrogens is 352 g/mol. The number of carbonyl (C=O) groups is 3. The van der Waals surface area contributed by atoms with Crippen molar-refractivity contribution in [2.24, 2.45) is 0 Å². The Labute approximate surface area is 156 Å². The number of hydrogen-bond donors (Lipinski definition) is 1. The Balaban J connectivity index is 1.82. The molecule has 2 aromatic rings. The van der Waals surface area contributed by atoms with Crippen LogP contribution in [0.3, 0.4) is 0 Å². The van der Waals surface area contributed by atoms with Crippen molar-refractivity contribution in [3.63, 3.8) is 0 Å². The van der Waals surface area contributed by atoms with Crippen LogP contribution in [0.2, 0.25) is 0 Å². The van der Waals surface area contributed by atoms with E-state index >= 15 is 0 Å². The first-order valence-electron chi connectivity index (χ1n) is 8.68. The van der Waals surface area contributed by atoms with Gasteiger partial charge in [-0.15, -0.1) is 11.3 Å². The number of aromatic amines is 1. The van der Waals surface area contributed by atoms with Crippen LogP contribution in [0.1, 0.15) is 61.5 Å². The van der Waals surface area contributed by atoms with Crippen molar-refractivity contribution < 1.29 is 19.1 Å². The third kappa shape index (κ3) is 3.58. The van der Waals surface area contributed by atoms with Crippen LogP contribution in [-0.4, -0.2) is 46.7 Å². The van der Waals surface area contributed by atoms with Gasteiger partial charge in [-0.25, -0.2) is 4.79 Å². The molecule has 2 heterocycles. The minimum atomic E-state index is -0.471. The zero-order valence-electron chi connectivity index (χ0n) is 15.1. The summed E-state index contributed by atoms with van der Waals surface area (Å²) in [4.78, 5) is 42.9. The number of nitrogens with zero attached hydrogens (tertiary/aromatic N) is 1. The molecular formula is C19H22N2O4S. The van der Waals surface area contributed by atoms with Crippen molar-refractivity contribution in [3.8, 4) is 0 Å². The summed E-state index contributed by atoms with van der Waals surface area (Å²) in [6, 6.07) is 3.73. The van der Waals surface area contributed by atoms with Crippen LogP contribution in [0.5, 0.6) is 0 Å². The Bertz CT molecular complexity index is 834. The summed E-state index contributed by atoms with van der Waals surface area (Å²) in [7, 11) is 0. The van der Waals surface area contributed by atoms with Crippen molar-refractivity contribution in [2.75, 3.05) is 13.2 Å². The van der Waals surface area contributed by atoms with E-state index in [0.29, 0.717) is 27.4 Å². The number of aryl methyl sites for hydroxylation is 1. The quantitative estimate of drug-likeness (QED) is 0.595. The number of ketones is 1. The van der Waals surface area contributed by atoms with Gasteiger partial charge < -0.3 is 14.6 Å². The van der Waals surface area contributed by atoms with Gasteiger partial charge in [-0.1, -0.05) is 6.07 Å². The molecule has 0 bridgehead atoms. The molecule has 0 unspecified atom stereocenters. The Hall–Kier alpha value is -2.41. The van der Waals surface area contributed by atoms with Crippen molar-refractivity contribution in [1.82, 2.24) is 9.88 Å². The third-order valence-electron chi connectivity index (χ3n) is 4.49. The lowest BCUT2D eigenvalue weighted by Crippen LogP contribution is -2.37. The summed E-state index contributed by atoms with van der Waals surface area (Å²) in [5.41, 5.74) is 1.97. The van der Waals surface area contributed by atoms with Gasteiger partial charge in [0.1, 0.15) is 5.69 Å². The lowest BCUT2D eigenvalue weighted by atomic mass is 10.0. The maximum absolute atomic E-state index is 12.9. The van der Waals surface area contributed by atoms with Crippen molar-refractivity contribution in [2.45, 2.75) is 39.7 Å². The van der Waals surface area contributed by atoms with Gasteiger partial charge in [-0.05, 0) is 50.6 Å². The molecule has 7 heteroatoms. The number of H-pyrrole nitrogens is 1. The Morgan fingerprint density at radius 2 is 2.04 bits per heavy atom. The first-order valence-corrected chi connectivity index (χ1v) is 9.56. The molecule has 0 atom stereocenters. The highest BCUT2D eigenvalue weighted by Gasteiger charge is 2.35. The molecule has 1 saturated carbocycles. The van der Waals surface area contributed by atoms with Crippen molar-refractivity contribution >= 4 is 29.0 Å². The summed E-state index contributed by atoms with van der Waals surface area (Å²) < 4.78 is 5.03. The van der Waals surface area contributed by atoms with Gasteiger partial charge in [0.25, 0.3) is 5.91 Å². The minimum Gasteiger partial charge on any atom is -0.461 e. The molecule has 1 amide bonds. The number of nitrogens with one attached hydrogen (secondary N) is 1. The van der Waals surface area contributed by atoms with E-state index in [9.17, 15) is 14.4 Å². The van der Waals surface area contributed by atoms with Crippen molar-refractivity contribution in [3.05, 3.63) is 44.9 Å². The van der Waals surface area contributed by atoms with Gasteiger partial charge in [-0.3, -0.25) is 9.59 Å². The molecule has 1 aliphatic rings. The van der Waals surface area contributed by atoms with Gasteiger partial charge in [0.15, 0.2) is 5.78 Å². The molecule has 0 radical (unpaired) electrons. The van der Waals surface area contributed by atoms with Crippen LogP contribution < -0.4 is 0 Å². The molecule has 138 valence electrons. The normalized spacial score (nSPS) is 13.5. The van der Waals surface area contributed by atoms with Gasteiger partial charge in [0.05, 0.1) is 18.0 Å². The van der Waals surface area contributed by atoms with E-state index in [0.717, 1.165) is 12.8 Å². The Kier molecular flexibility index (Phi) is 5.27. The fraction of sp³-hybridized carbons (Fsp3) is 0.421. The highest BCUT2D eigenvalue weighted by Crippen LogP contribution is 2.30. The van der Waals surface area contributed by atoms with Crippen LogP contribution in [0.25, 0.3) is 0 Å². The molecule has 0 spiro atoms. The summed E-state index contributed by atoms with van der Waals surface area (Å²) in [5.74, 6) is -0.739. The molecule has 26 heavy (non-hydrogen) atoms. The summed E-state index contributed by atoms with van der Waals surface area (Å²) in [6.07, 6.45) is 1.84. The molecule has 1 fully saturated rings. The highest BCUT2D eigenvalue weighted by atomic mass is 32.1. The maximum Gasteiger partial charge on any atom is 0.355 e. The number of carbonyl (C=O) groups excluding carboxylic acids is 3. The van der Waals surface area contributed by atoms with E-state index in [1.54, 1.807) is 31.7 Å². The van der Waals surface area contributed by atoms with Crippen LogP contribution in [-0.2, 0) is 4.74 Å². The second kappa shape index (κ2) is 7.45. The molecule has 0 aliphatic heterocycles. The average molecular weight is 374 g/mol. The molecule has 0 saturated heterocycles. The summed E-state index contributed by atoms with van der Waals surface area (Å²) in [5, 5.41) is 1.85. The number of Topliss-reactive ketones (excluding diaryl/α,β-unsaturated/α-hetero) is 1. The van der Waals surface area contributed by atoms with Gasteiger partial charge in [0.2, 0.25) is 0 Å². The number of rotatable bonds is 7. The van der Waals surface area contributed by atoms with Crippen LogP contribution in [0.15, 0.2) is 17.5 Å². The minimum absolute atomic E-state index is 0.0171. The first kappa shape index (κ1) is 18.4. The molecule has 3 rings (SSSR count). The number of hydrogen-bond acceptors (Lipinski definition) is 5. The lowest BCUT2D eigenvalue weighted by molar-refractivity contribution is 0.0519. The second-order valence-electron chi connectivity index (χ2n) is 6.41. The van der Waals surface area contributed by atoms with E-state index in [4.69, 9.17) is 4.74 Å². The van der Waals surface area contributed by atoms with E-state index < -0.39 is 5.97 Å². The van der Waals surface area contributed by atoms with Crippen LogP contribution in [0, 0.1) is 13.8 Å². The average Bonchev–Trinajstić information content (AvgIpc) is 3.19. The topological polar surface area (TPSA) is 79.5 Å². The van der Waals surface area contributed by atoms with Crippen LogP contribution in [0.4, 0.5) is 0 Å². The number of thiophene rings is 1. The van der Waals surface area contributed by atoms with E-state index in [1.807, 2.05) is 11.4 Å². The number of amides is 1. The van der Waals surface area contributed by atoms with Gasteiger partial charge in [-0.2, -0.15) is 0 Å². The first-order chi connectivity index (χ1) is 12.4. The summed E-state index contributed by atoms with van der Waals surface area (Å²) in [6.45, 7) is 5.50. The largest absolute Gasteiger partial charge is 0.461 e. The zero-order chi connectivity index (χ0) is 18.8. The second-order valence-corrected chi connectivity index (χ2v) is 7.36. The lowest BCUT2D eigenvalue weighted by Gasteiger charge is -2.21. The SMILES string of the molecule is CCOC(=O)c1[nH]c(C)c(C(=O)CN(C(=O)c2cccs2)C2CC2)c1C. The smallest absolute Gasteiger partial charge is 0.355 e. The van der Waals surface area contributed by atoms with Gasteiger partial charge in [0, 0.05) is 17.3 Å². The van der Waals surface area contributed by atoms with E-state index in [1.165, 1.54) is 11.3 Å². The number of ether oxygens (including phenoxy) is 1. The van der Waals surface area contributed by atoms with Crippen LogP contribution >= 0.6 is 11.3 Å². The highest BCUT2D eigenvalue weighted by molar-refractivity contribution is 7.12. The maximum atomic E-state index is 12.9. The molecule has 0 aromatic carbocycles. The van der Waals surface area contributed by atoms with E-state index in [2.05, 4.69) is 4.98 Å². The Morgan fingerprint density at radius 1 is 1.31 bits per heavy atom. The summed E-state index contributed by atoms with van der Waals surface area (Å²) >= 11 is 1.38. The van der Waals surface area contributed by atoms with E-state index in [-0.39, 0.29) is 30.9 Å². The standard InChI is InChI=1S/C19H22N2O4S/c1-4-25-19(24)17-11(2)16(12(3)20-17)14(22)10-21(13-7-8-13)18(23)15-6-5-9-26-15/h5-6,9,13,20H,4,7-8,10H2,1-3H3. The number of aromatic nitrogens is 1. The molecule has 2 aromatic heterocycles. The fourth-order valence-electron chi connectivity index (χ4n) is 3.10. The molecule has 1 N–H and O–H groups in total. The number of esters is 1. The predicted molar refractivity (Wildman–Crippen MR) is 98.9 cm³/mol. The fourth-order valence-corrected chi connectivity index (χ4v) is 3.78. The third-order valence-corrected chi connectivity index (χ3v) is 5.35. The monoisotopic (exact) mass is 374 g/mol. The predicted octanol–water partition coefficient (Wildman–Crippen LogP) is 3.36. The molecule has 1 aliphatic carbocycles. The Morgan fingerprint density at radius 3 is 2.62 bits per heavy atom. The van der Waals surface area contributed by atoms with Crippen molar-refractivity contribution in [1.29, 1.82) is 0 Å². The van der Waals surface area contributed by atoms with Gasteiger partial charge >= 0.3 is 5.97 Å².